The van der Waals surface area contributed by atoms with Crippen LogP contribution in [0.3, 0.4) is 0 Å². The highest BCUT2D eigenvalue weighted by Crippen LogP contribution is 2.05. The largest absolute Gasteiger partial charge is 0.460 e. The fraction of sp³-hybridized carbons (Fsp3) is 0.727. The molecule has 3 heteroatoms. The van der Waals surface area contributed by atoms with Gasteiger partial charge in [0.05, 0.1) is 6.61 Å². The molecule has 0 radical (unpaired) electrons. The molecule has 0 aromatic carbocycles. The second-order valence-corrected chi connectivity index (χ2v) is 3.31. The van der Waals surface area contributed by atoms with Crippen molar-refractivity contribution in [1.29, 1.82) is 0 Å². The highest BCUT2D eigenvalue weighted by Gasteiger charge is 2.05. The van der Waals surface area contributed by atoms with Crippen molar-refractivity contribution in [2.45, 2.75) is 45.4 Å². The van der Waals surface area contributed by atoms with Crippen LogP contribution in [-0.2, 0) is 9.53 Å². The van der Waals surface area contributed by atoms with Crippen molar-refractivity contribution >= 4 is 5.97 Å². The van der Waals surface area contributed by atoms with Crippen LogP contribution in [0, 0.1) is 0 Å². The molecular formula is C11H19FO2. The molecule has 0 saturated carbocycles. The van der Waals surface area contributed by atoms with Crippen LogP contribution in [0.15, 0.2) is 12.4 Å². The monoisotopic (exact) mass is 202 g/mol. The molecule has 0 aromatic rings. The lowest BCUT2D eigenvalue weighted by Crippen LogP contribution is -2.05. The van der Waals surface area contributed by atoms with Crippen molar-refractivity contribution in [3.05, 3.63) is 12.4 Å². The van der Waals surface area contributed by atoms with Gasteiger partial charge in [0.1, 0.15) is 0 Å². The summed E-state index contributed by atoms with van der Waals surface area (Å²) < 4.78 is 16.7. The summed E-state index contributed by atoms with van der Waals surface area (Å²) in [5.74, 6) is -1.95. The fourth-order valence-corrected chi connectivity index (χ4v) is 1.13. The molecule has 2 nitrogen and oxygen atoms in total. The minimum atomic E-state index is -1.02. The molecule has 0 aliphatic carbocycles. The van der Waals surface area contributed by atoms with Gasteiger partial charge in [-0.3, -0.25) is 0 Å². The molecule has 0 aliphatic heterocycles. The van der Waals surface area contributed by atoms with E-state index in [0.717, 1.165) is 19.3 Å². The van der Waals surface area contributed by atoms with Crippen LogP contribution in [0.5, 0.6) is 0 Å². The Bertz CT molecular complexity index is 178. The smallest absolute Gasteiger partial charge is 0.366 e. The molecule has 0 saturated heterocycles. The standard InChI is InChI=1S/C11H19FO2/c1-3-4-5-6-7-8-9-14-11(13)10(2)12/h2-9H2,1H3. The maximum atomic E-state index is 12.1. The first kappa shape index (κ1) is 13.1. The quantitative estimate of drug-likeness (QED) is 0.342. The molecule has 0 aromatic heterocycles. The Labute approximate surface area is 85.1 Å². The van der Waals surface area contributed by atoms with E-state index in [-0.39, 0.29) is 0 Å². The van der Waals surface area contributed by atoms with Crippen molar-refractivity contribution in [2.75, 3.05) is 6.61 Å². The number of hydrogen-bond acceptors (Lipinski definition) is 2. The summed E-state index contributed by atoms with van der Waals surface area (Å²) in [6.07, 6.45) is 6.69. The Hall–Kier alpha value is -0.860. The van der Waals surface area contributed by atoms with Crippen molar-refractivity contribution in [1.82, 2.24) is 0 Å². The van der Waals surface area contributed by atoms with Gasteiger partial charge in [0.2, 0.25) is 5.83 Å². The van der Waals surface area contributed by atoms with Gasteiger partial charge in [-0.25, -0.2) is 4.79 Å². The van der Waals surface area contributed by atoms with E-state index in [4.69, 9.17) is 0 Å². The number of carbonyl (C=O) groups excluding carboxylic acids is 1. The van der Waals surface area contributed by atoms with Gasteiger partial charge in [-0.2, -0.15) is 4.39 Å². The molecule has 0 spiro atoms. The number of hydrogen-bond donors (Lipinski definition) is 0. The van der Waals surface area contributed by atoms with Crippen LogP contribution >= 0.6 is 0 Å². The number of ether oxygens (including phenoxy) is 1. The summed E-state index contributed by atoms with van der Waals surface area (Å²) in [5.41, 5.74) is 0. The Balaban J connectivity index is 3.13. The summed E-state index contributed by atoms with van der Waals surface area (Å²) >= 11 is 0. The maximum absolute atomic E-state index is 12.1. The van der Waals surface area contributed by atoms with Crippen molar-refractivity contribution in [3.63, 3.8) is 0 Å². The summed E-state index contributed by atoms with van der Waals surface area (Å²) in [4.78, 5) is 10.6. The van der Waals surface area contributed by atoms with Gasteiger partial charge in [-0.05, 0) is 6.42 Å². The van der Waals surface area contributed by atoms with E-state index in [1.165, 1.54) is 19.3 Å². The van der Waals surface area contributed by atoms with Gasteiger partial charge in [-0.15, -0.1) is 0 Å². The Morgan fingerprint density at radius 2 is 1.79 bits per heavy atom. The van der Waals surface area contributed by atoms with E-state index >= 15 is 0 Å². The Morgan fingerprint density at radius 3 is 2.36 bits per heavy atom. The van der Waals surface area contributed by atoms with Gasteiger partial charge >= 0.3 is 5.97 Å². The first-order valence-corrected chi connectivity index (χ1v) is 5.20. The zero-order chi connectivity index (χ0) is 10.8. The van der Waals surface area contributed by atoms with E-state index in [1.54, 1.807) is 0 Å². The molecule has 0 rings (SSSR count). The van der Waals surface area contributed by atoms with Crippen LogP contribution in [0.1, 0.15) is 45.4 Å². The second-order valence-electron chi connectivity index (χ2n) is 3.31. The molecular weight excluding hydrogens is 183 g/mol. The summed E-state index contributed by atoms with van der Waals surface area (Å²) in [7, 11) is 0. The van der Waals surface area contributed by atoms with Crippen LogP contribution in [-0.4, -0.2) is 12.6 Å². The topological polar surface area (TPSA) is 26.3 Å². The Kier molecular flexibility index (Phi) is 8.19. The zero-order valence-corrected chi connectivity index (χ0v) is 8.85. The molecule has 0 heterocycles. The molecule has 0 N–H and O–H groups in total. The van der Waals surface area contributed by atoms with Crippen molar-refractivity contribution < 1.29 is 13.9 Å². The van der Waals surface area contributed by atoms with Crippen molar-refractivity contribution in [3.8, 4) is 0 Å². The van der Waals surface area contributed by atoms with Gasteiger partial charge < -0.3 is 4.74 Å². The first-order valence-electron chi connectivity index (χ1n) is 5.20. The first-order chi connectivity index (χ1) is 6.68. The predicted octanol–water partition coefficient (Wildman–Crippen LogP) is 3.37. The zero-order valence-electron chi connectivity index (χ0n) is 8.85. The molecule has 0 fully saturated rings. The third kappa shape index (κ3) is 7.77. The summed E-state index contributed by atoms with van der Waals surface area (Å²) in [6.45, 7) is 5.31. The lowest BCUT2D eigenvalue weighted by Gasteiger charge is -2.02. The summed E-state index contributed by atoms with van der Waals surface area (Å²) in [5, 5.41) is 0. The molecule has 82 valence electrons. The third-order valence-corrected chi connectivity index (χ3v) is 1.95. The SMILES string of the molecule is C=C(F)C(=O)OCCCCCCCC. The van der Waals surface area contributed by atoms with E-state index in [0.29, 0.717) is 6.61 Å². The normalized spacial score (nSPS) is 9.86. The van der Waals surface area contributed by atoms with Gasteiger partial charge in [0.15, 0.2) is 0 Å². The number of rotatable bonds is 8. The minimum Gasteiger partial charge on any atom is -0.460 e. The summed E-state index contributed by atoms with van der Waals surface area (Å²) in [6, 6.07) is 0. The van der Waals surface area contributed by atoms with E-state index in [2.05, 4.69) is 18.2 Å². The highest BCUT2D eigenvalue weighted by atomic mass is 19.1. The highest BCUT2D eigenvalue weighted by molar-refractivity contribution is 5.85. The number of esters is 1. The minimum absolute atomic E-state index is 0.300. The number of unbranched alkanes of at least 4 members (excludes halogenated alkanes) is 5. The lowest BCUT2D eigenvalue weighted by molar-refractivity contribution is -0.140. The average Bonchev–Trinajstić information content (AvgIpc) is 2.16. The third-order valence-electron chi connectivity index (χ3n) is 1.95. The predicted molar refractivity (Wildman–Crippen MR) is 54.6 cm³/mol. The number of carbonyl (C=O) groups is 1. The molecule has 0 unspecified atom stereocenters. The van der Waals surface area contributed by atoms with Crippen LogP contribution in [0.25, 0.3) is 0 Å². The molecule has 0 aliphatic rings. The maximum Gasteiger partial charge on any atom is 0.366 e. The van der Waals surface area contributed by atoms with E-state index in [1.807, 2.05) is 0 Å². The average molecular weight is 202 g/mol. The van der Waals surface area contributed by atoms with Gasteiger partial charge in [-0.1, -0.05) is 45.6 Å². The van der Waals surface area contributed by atoms with Gasteiger partial charge in [0.25, 0.3) is 0 Å². The lowest BCUT2D eigenvalue weighted by atomic mass is 10.1. The molecule has 14 heavy (non-hydrogen) atoms. The van der Waals surface area contributed by atoms with Gasteiger partial charge in [0, 0.05) is 0 Å². The fourth-order valence-electron chi connectivity index (χ4n) is 1.13. The van der Waals surface area contributed by atoms with Crippen LogP contribution < -0.4 is 0 Å². The molecule has 0 amide bonds. The molecule has 0 bridgehead atoms. The van der Waals surface area contributed by atoms with Crippen LogP contribution in [0.2, 0.25) is 0 Å². The van der Waals surface area contributed by atoms with E-state index in [9.17, 15) is 9.18 Å². The Morgan fingerprint density at radius 1 is 1.21 bits per heavy atom. The van der Waals surface area contributed by atoms with Crippen molar-refractivity contribution in [2.24, 2.45) is 0 Å². The van der Waals surface area contributed by atoms with E-state index < -0.39 is 11.8 Å². The molecule has 0 atom stereocenters. The number of halogens is 1. The second kappa shape index (κ2) is 8.73. The van der Waals surface area contributed by atoms with Crippen LogP contribution in [0.4, 0.5) is 4.39 Å².